The Hall–Kier alpha value is -0.820. The van der Waals surface area contributed by atoms with Crippen LogP contribution in [0, 0.1) is 6.92 Å². The Morgan fingerprint density at radius 2 is 2.00 bits per heavy atom. The van der Waals surface area contributed by atoms with Crippen LogP contribution in [0.1, 0.15) is 25.3 Å². The van der Waals surface area contributed by atoms with E-state index in [-0.39, 0.29) is 11.0 Å². The lowest BCUT2D eigenvalue weighted by Crippen LogP contribution is -2.40. The van der Waals surface area contributed by atoms with Crippen molar-refractivity contribution in [1.82, 2.24) is 4.31 Å². The van der Waals surface area contributed by atoms with E-state index in [1.54, 1.807) is 13.0 Å². The summed E-state index contributed by atoms with van der Waals surface area (Å²) < 4.78 is 32.3. The molecule has 1 saturated heterocycles. The van der Waals surface area contributed by atoms with Crippen molar-refractivity contribution in [2.24, 2.45) is 0 Å². The molecule has 0 spiro atoms. The van der Waals surface area contributed by atoms with Gasteiger partial charge < -0.3 is 10.5 Å². The highest BCUT2D eigenvalue weighted by molar-refractivity contribution is 7.89. The maximum atomic E-state index is 12.7. The van der Waals surface area contributed by atoms with E-state index in [2.05, 4.69) is 0 Å². The molecule has 0 amide bonds. The van der Waals surface area contributed by atoms with Gasteiger partial charge in [0.2, 0.25) is 10.0 Å². The number of ether oxygens (including phenoxy) is 1. The van der Waals surface area contributed by atoms with E-state index >= 15 is 0 Å². The first-order chi connectivity index (χ1) is 9.86. The second-order valence-corrected chi connectivity index (χ2v) is 7.52. The van der Waals surface area contributed by atoms with Crippen LogP contribution >= 0.6 is 11.6 Å². The highest BCUT2D eigenvalue weighted by Crippen LogP contribution is 2.29. The van der Waals surface area contributed by atoms with Gasteiger partial charge in [0.25, 0.3) is 0 Å². The quantitative estimate of drug-likeness (QED) is 0.859. The number of hydrogen-bond acceptors (Lipinski definition) is 4. The molecule has 1 aromatic carbocycles. The standard InChI is InChI=1S/C14H21ClN2O3S/c1-3-20-11-4-6-17(7-5-11)21(18,19)12-8-10(2)14(15)13(16)9-12/h8-9,11H,3-7,16H2,1-2H3. The lowest BCUT2D eigenvalue weighted by Gasteiger charge is -2.31. The van der Waals surface area contributed by atoms with E-state index in [9.17, 15) is 8.42 Å². The number of halogens is 1. The fourth-order valence-electron chi connectivity index (χ4n) is 2.54. The average molecular weight is 333 g/mol. The van der Waals surface area contributed by atoms with Crippen molar-refractivity contribution < 1.29 is 13.2 Å². The summed E-state index contributed by atoms with van der Waals surface area (Å²) in [6, 6.07) is 3.00. The van der Waals surface area contributed by atoms with E-state index in [0.717, 1.165) is 12.8 Å². The minimum atomic E-state index is -3.52. The number of sulfonamides is 1. The largest absolute Gasteiger partial charge is 0.397 e. The van der Waals surface area contributed by atoms with Gasteiger partial charge in [-0.3, -0.25) is 0 Å². The molecule has 0 radical (unpaired) electrons. The molecule has 2 N–H and O–H groups in total. The molecule has 2 rings (SSSR count). The number of nitrogen functional groups attached to an aromatic ring is 1. The zero-order chi connectivity index (χ0) is 15.6. The molecule has 1 heterocycles. The molecule has 1 fully saturated rings. The lowest BCUT2D eigenvalue weighted by atomic mass is 10.1. The van der Waals surface area contributed by atoms with Crippen molar-refractivity contribution in [3.05, 3.63) is 22.7 Å². The second kappa shape index (κ2) is 6.52. The van der Waals surface area contributed by atoms with Gasteiger partial charge in [-0.2, -0.15) is 4.31 Å². The monoisotopic (exact) mass is 332 g/mol. The highest BCUT2D eigenvalue weighted by Gasteiger charge is 2.30. The maximum absolute atomic E-state index is 12.7. The number of hydrogen-bond donors (Lipinski definition) is 1. The first-order valence-corrected chi connectivity index (χ1v) is 8.85. The predicted molar refractivity (Wildman–Crippen MR) is 84.0 cm³/mol. The molecular weight excluding hydrogens is 312 g/mol. The SMILES string of the molecule is CCOC1CCN(S(=O)(=O)c2cc(C)c(Cl)c(N)c2)CC1. The third-order valence-electron chi connectivity index (χ3n) is 3.70. The van der Waals surface area contributed by atoms with Crippen molar-refractivity contribution in [1.29, 1.82) is 0 Å². The molecule has 0 unspecified atom stereocenters. The van der Waals surface area contributed by atoms with E-state index < -0.39 is 10.0 Å². The van der Waals surface area contributed by atoms with E-state index in [1.807, 2.05) is 6.92 Å². The van der Waals surface area contributed by atoms with Gasteiger partial charge in [-0.05, 0) is 44.4 Å². The Bertz CT molecular complexity index is 588. The maximum Gasteiger partial charge on any atom is 0.243 e. The molecule has 0 aliphatic carbocycles. The Labute approximate surface area is 131 Å². The van der Waals surface area contributed by atoms with Crippen LogP contribution in [0.2, 0.25) is 5.02 Å². The molecule has 5 nitrogen and oxygen atoms in total. The van der Waals surface area contributed by atoms with Gasteiger partial charge in [0.15, 0.2) is 0 Å². The molecule has 7 heteroatoms. The fraction of sp³-hybridized carbons (Fsp3) is 0.571. The van der Waals surface area contributed by atoms with Crippen LogP contribution in [0.3, 0.4) is 0 Å². The van der Waals surface area contributed by atoms with Gasteiger partial charge in [0.1, 0.15) is 0 Å². The fourth-order valence-corrected chi connectivity index (χ4v) is 4.24. The van der Waals surface area contributed by atoms with Crippen LogP contribution in [0.5, 0.6) is 0 Å². The minimum Gasteiger partial charge on any atom is -0.397 e. The summed E-state index contributed by atoms with van der Waals surface area (Å²) in [4.78, 5) is 0.205. The average Bonchev–Trinajstić information content (AvgIpc) is 2.45. The molecule has 0 aromatic heterocycles. The summed E-state index contributed by atoms with van der Waals surface area (Å²) in [5, 5.41) is 0.406. The third kappa shape index (κ3) is 3.51. The molecule has 21 heavy (non-hydrogen) atoms. The van der Waals surface area contributed by atoms with E-state index in [1.165, 1.54) is 10.4 Å². The number of piperidine rings is 1. The first kappa shape index (κ1) is 16.5. The molecule has 0 atom stereocenters. The Kier molecular flexibility index (Phi) is 5.14. The zero-order valence-corrected chi connectivity index (χ0v) is 13.9. The first-order valence-electron chi connectivity index (χ1n) is 7.03. The van der Waals surface area contributed by atoms with Gasteiger partial charge in [-0.1, -0.05) is 11.6 Å². The van der Waals surface area contributed by atoms with Crippen LogP contribution in [0.25, 0.3) is 0 Å². The van der Waals surface area contributed by atoms with Crippen LogP contribution in [0.15, 0.2) is 17.0 Å². The number of nitrogens with two attached hydrogens (primary N) is 1. The molecule has 1 aliphatic heterocycles. The minimum absolute atomic E-state index is 0.151. The van der Waals surface area contributed by atoms with Crippen LogP contribution < -0.4 is 5.73 Å². The van der Waals surface area contributed by atoms with Crippen molar-refractivity contribution in [3.63, 3.8) is 0 Å². The normalized spacial score (nSPS) is 18.0. The van der Waals surface area contributed by atoms with Crippen LogP contribution in [-0.4, -0.2) is 38.5 Å². The number of benzene rings is 1. The molecule has 1 aromatic rings. The predicted octanol–water partition coefficient (Wildman–Crippen LogP) is 2.42. The molecule has 1 aliphatic rings. The lowest BCUT2D eigenvalue weighted by molar-refractivity contribution is 0.0290. The Morgan fingerprint density at radius 3 is 2.52 bits per heavy atom. The summed E-state index contributed by atoms with van der Waals surface area (Å²) in [6.07, 6.45) is 1.59. The second-order valence-electron chi connectivity index (χ2n) is 5.20. The van der Waals surface area contributed by atoms with E-state index in [0.29, 0.717) is 36.0 Å². The van der Waals surface area contributed by atoms with Gasteiger partial charge in [0.05, 0.1) is 21.7 Å². The number of aryl methyl sites for hydroxylation is 1. The van der Waals surface area contributed by atoms with Crippen molar-refractivity contribution in [2.75, 3.05) is 25.4 Å². The number of rotatable bonds is 4. The number of nitrogens with zero attached hydrogens (tertiary/aromatic N) is 1. The summed E-state index contributed by atoms with van der Waals surface area (Å²) in [5.41, 5.74) is 6.73. The summed E-state index contributed by atoms with van der Waals surface area (Å²) in [6.45, 7) is 5.29. The highest BCUT2D eigenvalue weighted by atomic mass is 35.5. The van der Waals surface area contributed by atoms with Crippen molar-refractivity contribution >= 4 is 27.3 Å². The van der Waals surface area contributed by atoms with Crippen molar-refractivity contribution in [2.45, 2.75) is 37.7 Å². The Morgan fingerprint density at radius 1 is 1.38 bits per heavy atom. The Balaban J connectivity index is 2.20. The van der Waals surface area contributed by atoms with Crippen molar-refractivity contribution in [3.8, 4) is 0 Å². The molecule has 0 saturated carbocycles. The molecular formula is C14H21ClN2O3S. The molecule has 0 bridgehead atoms. The van der Waals surface area contributed by atoms with Crippen LogP contribution in [-0.2, 0) is 14.8 Å². The van der Waals surface area contributed by atoms with Gasteiger partial charge in [-0.25, -0.2) is 8.42 Å². The smallest absolute Gasteiger partial charge is 0.243 e. The summed E-state index contributed by atoms with van der Waals surface area (Å²) >= 11 is 5.99. The third-order valence-corrected chi connectivity index (χ3v) is 6.09. The number of anilines is 1. The summed E-state index contributed by atoms with van der Waals surface area (Å²) in [7, 11) is -3.52. The van der Waals surface area contributed by atoms with Gasteiger partial charge >= 0.3 is 0 Å². The van der Waals surface area contributed by atoms with Gasteiger partial charge in [0, 0.05) is 19.7 Å². The van der Waals surface area contributed by atoms with Crippen LogP contribution in [0.4, 0.5) is 5.69 Å². The zero-order valence-electron chi connectivity index (χ0n) is 12.3. The van der Waals surface area contributed by atoms with E-state index in [4.69, 9.17) is 22.1 Å². The summed E-state index contributed by atoms with van der Waals surface area (Å²) in [5.74, 6) is 0. The van der Waals surface area contributed by atoms with Gasteiger partial charge in [-0.15, -0.1) is 0 Å². The topological polar surface area (TPSA) is 72.6 Å². The molecule has 118 valence electrons.